The van der Waals surface area contributed by atoms with Gasteiger partial charge in [0.15, 0.2) is 0 Å². The first-order chi connectivity index (χ1) is 9.92. The lowest BCUT2D eigenvalue weighted by molar-refractivity contribution is -0.140. The quantitative estimate of drug-likeness (QED) is 0.704. The van der Waals surface area contributed by atoms with Crippen molar-refractivity contribution in [2.75, 3.05) is 0 Å². The summed E-state index contributed by atoms with van der Waals surface area (Å²) in [6.07, 6.45) is 6.33. The van der Waals surface area contributed by atoms with Crippen molar-refractivity contribution in [1.29, 1.82) is 0 Å². The van der Waals surface area contributed by atoms with Gasteiger partial charge in [0.1, 0.15) is 0 Å². The maximum Gasteiger partial charge on any atom is 0.303 e. The summed E-state index contributed by atoms with van der Waals surface area (Å²) in [5, 5.41) is 9.26. The first-order valence-corrected chi connectivity index (χ1v) is 8.93. The molecule has 21 heavy (non-hydrogen) atoms. The third kappa shape index (κ3) is 4.54. The van der Waals surface area contributed by atoms with Gasteiger partial charge in [0.25, 0.3) is 0 Å². The van der Waals surface area contributed by atoms with Crippen LogP contribution in [0.5, 0.6) is 0 Å². The Hall–Kier alpha value is -0.390. The normalized spacial score (nSPS) is 19.2. The van der Waals surface area contributed by atoms with Crippen molar-refractivity contribution in [3.05, 3.63) is 32.7 Å². The van der Waals surface area contributed by atoms with Crippen LogP contribution in [0.3, 0.4) is 0 Å². The predicted molar refractivity (Wildman–Crippen MR) is 91.2 cm³/mol. The van der Waals surface area contributed by atoms with Gasteiger partial charge in [-0.25, -0.2) is 0 Å². The Morgan fingerprint density at radius 2 is 1.95 bits per heavy atom. The molecule has 1 unspecified atom stereocenters. The smallest absolute Gasteiger partial charge is 0.303 e. The summed E-state index contributed by atoms with van der Waals surface area (Å²) in [6, 6.07) is 5.82. The lowest BCUT2D eigenvalue weighted by Crippen LogP contribution is -2.31. The van der Waals surface area contributed by atoms with Gasteiger partial charge in [-0.05, 0) is 48.4 Å². The van der Waals surface area contributed by atoms with Crippen LogP contribution >= 0.6 is 31.9 Å². The number of carbonyl (C=O) groups is 1. The van der Waals surface area contributed by atoms with Crippen LogP contribution in [0.1, 0.15) is 56.6 Å². The molecule has 0 amide bonds. The summed E-state index contributed by atoms with van der Waals surface area (Å²) >= 11 is 7.02. The lowest BCUT2D eigenvalue weighted by Gasteiger charge is -2.38. The minimum absolute atomic E-state index is 0.144. The number of benzene rings is 1. The van der Waals surface area contributed by atoms with E-state index in [4.69, 9.17) is 5.73 Å². The first-order valence-electron chi connectivity index (χ1n) is 7.34. The highest BCUT2D eigenvalue weighted by Gasteiger charge is 2.36. The second-order valence-electron chi connectivity index (χ2n) is 6.11. The molecule has 1 saturated carbocycles. The van der Waals surface area contributed by atoms with Crippen molar-refractivity contribution in [2.24, 2.45) is 11.1 Å². The maximum atomic E-state index is 11.3. The van der Waals surface area contributed by atoms with Crippen LogP contribution in [-0.2, 0) is 4.79 Å². The average Bonchev–Trinajstić information content (AvgIpc) is 2.41. The molecule has 3 nitrogen and oxygen atoms in total. The van der Waals surface area contributed by atoms with Crippen LogP contribution in [0.2, 0.25) is 0 Å². The van der Waals surface area contributed by atoms with Gasteiger partial charge >= 0.3 is 5.97 Å². The van der Waals surface area contributed by atoms with Crippen molar-refractivity contribution in [1.82, 2.24) is 0 Å². The van der Waals surface area contributed by atoms with Gasteiger partial charge in [0.2, 0.25) is 0 Å². The minimum atomic E-state index is -0.711. The molecular formula is C16H21Br2NO2. The molecule has 3 N–H and O–H groups in total. The van der Waals surface area contributed by atoms with Crippen LogP contribution < -0.4 is 5.73 Å². The molecule has 0 bridgehead atoms. The number of carboxylic acids is 1. The molecule has 116 valence electrons. The second kappa shape index (κ2) is 7.25. The van der Waals surface area contributed by atoms with E-state index in [1.54, 1.807) is 0 Å². The molecule has 1 aliphatic rings. The molecule has 0 aliphatic heterocycles. The maximum absolute atomic E-state index is 11.3. The van der Waals surface area contributed by atoms with Crippen LogP contribution in [-0.4, -0.2) is 11.1 Å². The monoisotopic (exact) mass is 417 g/mol. The van der Waals surface area contributed by atoms with Gasteiger partial charge in [0.05, 0.1) is 6.42 Å². The summed E-state index contributed by atoms with van der Waals surface area (Å²) in [5.41, 5.74) is 7.31. The van der Waals surface area contributed by atoms with Crippen LogP contribution in [0.25, 0.3) is 0 Å². The highest BCUT2D eigenvalue weighted by atomic mass is 79.9. The molecule has 0 heterocycles. The summed E-state index contributed by atoms with van der Waals surface area (Å²) in [5.74, 6) is -0.711. The molecule has 0 spiro atoms. The molecule has 0 aromatic heterocycles. The Bertz CT molecular complexity index is 513. The van der Waals surface area contributed by atoms with E-state index < -0.39 is 5.97 Å². The third-order valence-corrected chi connectivity index (χ3v) is 5.67. The summed E-state index contributed by atoms with van der Waals surface area (Å²) < 4.78 is 1.98. The van der Waals surface area contributed by atoms with Gasteiger partial charge < -0.3 is 10.8 Å². The van der Waals surface area contributed by atoms with Crippen molar-refractivity contribution >= 4 is 37.8 Å². The van der Waals surface area contributed by atoms with E-state index in [1.807, 2.05) is 18.2 Å². The Morgan fingerprint density at radius 1 is 1.29 bits per heavy atom. The van der Waals surface area contributed by atoms with Gasteiger partial charge in [0, 0.05) is 15.0 Å². The second-order valence-corrected chi connectivity index (χ2v) is 7.88. The van der Waals surface area contributed by atoms with Crippen LogP contribution in [0, 0.1) is 5.41 Å². The minimum Gasteiger partial charge on any atom is -0.481 e. The van der Waals surface area contributed by atoms with E-state index in [0.29, 0.717) is 0 Å². The number of carboxylic acid groups (broad SMARTS) is 1. The highest BCUT2D eigenvalue weighted by molar-refractivity contribution is 9.11. The average molecular weight is 419 g/mol. The Labute approximate surface area is 142 Å². The van der Waals surface area contributed by atoms with Gasteiger partial charge in [-0.3, -0.25) is 4.79 Å². The fourth-order valence-electron chi connectivity index (χ4n) is 3.45. The molecule has 0 saturated heterocycles. The van der Waals surface area contributed by atoms with E-state index in [2.05, 4.69) is 31.9 Å². The molecular weight excluding hydrogens is 398 g/mol. The highest BCUT2D eigenvalue weighted by Crippen LogP contribution is 2.46. The molecule has 1 atom stereocenters. The standard InChI is InChI=1S/C16H21Br2NO2/c17-11-4-5-13(18)12(8-11)14(19)9-16(10-15(20)21)6-2-1-3-7-16/h4-5,8,14H,1-3,6-7,9-10,19H2,(H,20,21). The SMILES string of the molecule is NC(CC1(CC(=O)O)CCCCC1)c1cc(Br)ccc1Br. The van der Waals surface area contributed by atoms with Gasteiger partial charge in [-0.15, -0.1) is 0 Å². The molecule has 1 aromatic carbocycles. The van der Waals surface area contributed by atoms with E-state index in [1.165, 1.54) is 6.42 Å². The number of hydrogen-bond donors (Lipinski definition) is 2. The topological polar surface area (TPSA) is 63.3 Å². The van der Waals surface area contributed by atoms with E-state index in [-0.39, 0.29) is 17.9 Å². The van der Waals surface area contributed by atoms with Gasteiger partial charge in [-0.1, -0.05) is 51.1 Å². The van der Waals surface area contributed by atoms with E-state index in [9.17, 15) is 9.90 Å². The van der Waals surface area contributed by atoms with E-state index >= 15 is 0 Å². The van der Waals surface area contributed by atoms with Crippen molar-refractivity contribution in [2.45, 2.75) is 51.0 Å². The number of aliphatic carboxylic acids is 1. The van der Waals surface area contributed by atoms with Crippen molar-refractivity contribution < 1.29 is 9.90 Å². The number of nitrogens with two attached hydrogens (primary N) is 1. The molecule has 1 fully saturated rings. The molecule has 1 aliphatic carbocycles. The first kappa shape index (κ1) is 17.0. The largest absolute Gasteiger partial charge is 0.481 e. The zero-order valence-electron chi connectivity index (χ0n) is 11.9. The summed E-state index contributed by atoms with van der Waals surface area (Å²) in [7, 11) is 0. The Morgan fingerprint density at radius 3 is 2.57 bits per heavy atom. The Kier molecular flexibility index (Phi) is 5.86. The zero-order chi connectivity index (χ0) is 15.5. The Balaban J connectivity index is 2.19. The van der Waals surface area contributed by atoms with E-state index in [0.717, 1.165) is 46.6 Å². The number of halogens is 2. The molecule has 1 aromatic rings. The molecule has 2 rings (SSSR count). The van der Waals surface area contributed by atoms with Crippen molar-refractivity contribution in [3.63, 3.8) is 0 Å². The fourth-order valence-corrected chi connectivity index (χ4v) is 4.37. The fraction of sp³-hybridized carbons (Fsp3) is 0.562. The predicted octanol–water partition coefficient (Wildman–Crippen LogP) is 5.03. The van der Waals surface area contributed by atoms with Crippen LogP contribution in [0.15, 0.2) is 27.1 Å². The number of rotatable bonds is 5. The molecule has 5 heteroatoms. The lowest BCUT2D eigenvalue weighted by atomic mass is 9.67. The zero-order valence-corrected chi connectivity index (χ0v) is 15.1. The van der Waals surface area contributed by atoms with Crippen LogP contribution in [0.4, 0.5) is 0 Å². The molecule has 0 radical (unpaired) electrons. The van der Waals surface area contributed by atoms with Gasteiger partial charge in [-0.2, -0.15) is 0 Å². The third-order valence-electron chi connectivity index (χ3n) is 4.45. The summed E-state index contributed by atoms with van der Waals surface area (Å²) in [4.78, 5) is 11.3. The van der Waals surface area contributed by atoms with Crippen molar-refractivity contribution in [3.8, 4) is 0 Å². The summed E-state index contributed by atoms with van der Waals surface area (Å²) in [6.45, 7) is 0. The number of hydrogen-bond acceptors (Lipinski definition) is 2.